The first kappa shape index (κ1) is 16.7. The van der Waals surface area contributed by atoms with Gasteiger partial charge in [0.25, 0.3) is 11.8 Å². The van der Waals surface area contributed by atoms with Crippen molar-refractivity contribution in [1.82, 2.24) is 30.0 Å². The van der Waals surface area contributed by atoms with E-state index in [1.54, 1.807) is 47.5 Å². The van der Waals surface area contributed by atoms with Gasteiger partial charge in [0.2, 0.25) is 0 Å². The molecule has 0 atom stereocenters. The smallest absolute Gasteiger partial charge is 0.271 e. The van der Waals surface area contributed by atoms with E-state index < -0.39 is 0 Å². The van der Waals surface area contributed by atoms with Gasteiger partial charge >= 0.3 is 0 Å². The van der Waals surface area contributed by atoms with E-state index in [0.29, 0.717) is 36.3 Å². The van der Waals surface area contributed by atoms with E-state index in [1.807, 2.05) is 6.92 Å². The van der Waals surface area contributed by atoms with Gasteiger partial charge in [-0.05, 0) is 24.3 Å². The molecule has 0 aliphatic rings. The monoisotopic (exact) mass is 364 g/mol. The Morgan fingerprint density at radius 2 is 2.22 bits per heavy atom. The molecule has 0 aliphatic carbocycles. The maximum atomic E-state index is 12.2. The number of amides is 1. The molecular formula is C18H16N6O3. The Labute approximate surface area is 154 Å². The van der Waals surface area contributed by atoms with Crippen LogP contribution in [0, 0.1) is 0 Å². The van der Waals surface area contributed by atoms with Crippen molar-refractivity contribution in [2.75, 3.05) is 0 Å². The summed E-state index contributed by atoms with van der Waals surface area (Å²) in [7, 11) is 0. The number of aromatic nitrogens is 5. The highest BCUT2D eigenvalue weighted by molar-refractivity contribution is 5.92. The summed E-state index contributed by atoms with van der Waals surface area (Å²) < 4.78 is 12.1. The third-order valence-electron chi connectivity index (χ3n) is 3.86. The minimum absolute atomic E-state index is 0.278. The van der Waals surface area contributed by atoms with Crippen LogP contribution < -0.4 is 5.32 Å². The van der Waals surface area contributed by atoms with Crippen molar-refractivity contribution in [1.29, 1.82) is 0 Å². The van der Waals surface area contributed by atoms with E-state index in [-0.39, 0.29) is 11.6 Å². The van der Waals surface area contributed by atoms with Crippen molar-refractivity contribution in [3.05, 3.63) is 66.5 Å². The van der Waals surface area contributed by atoms with Gasteiger partial charge in [0, 0.05) is 24.4 Å². The Balaban J connectivity index is 1.51. The van der Waals surface area contributed by atoms with Crippen LogP contribution in [0.1, 0.15) is 29.0 Å². The Bertz CT molecular complexity index is 1050. The molecule has 0 spiro atoms. The fourth-order valence-corrected chi connectivity index (χ4v) is 2.44. The fourth-order valence-electron chi connectivity index (χ4n) is 2.44. The van der Waals surface area contributed by atoms with Crippen LogP contribution in [0.2, 0.25) is 0 Å². The summed E-state index contributed by atoms with van der Waals surface area (Å²) >= 11 is 0. The van der Waals surface area contributed by atoms with Crippen LogP contribution in [0.4, 0.5) is 0 Å². The van der Waals surface area contributed by atoms with E-state index in [1.165, 1.54) is 6.33 Å². The van der Waals surface area contributed by atoms with E-state index in [4.69, 9.17) is 8.94 Å². The molecule has 4 aromatic rings. The molecule has 136 valence electrons. The average molecular weight is 364 g/mol. The molecule has 0 bridgehead atoms. The molecule has 1 amide bonds. The largest absolute Gasteiger partial charge is 0.467 e. The van der Waals surface area contributed by atoms with Crippen molar-refractivity contribution in [2.24, 2.45) is 0 Å². The minimum atomic E-state index is -0.300. The van der Waals surface area contributed by atoms with Gasteiger partial charge in [0.1, 0.15) is 23.6 Å². The zero-order chi connectivity index (χ0) is 18.6. The van der Waals surface area contributed by atoms with Gasteiger partial charge < -0.3 is 14.3 Å². The maximum absolute atomic E-state index is 12.2. The lowest BCUT2D eigenvalue weighted by Gasteiger charge is -2.02. The minimum Gasteiger partial charge on any atom is -0.467 e. The highest BCUT2D eigenvalue weighted by atomic mass is 16.5. The summed E-state index contributed by atoms with van der Waals surface area (Å²) in [6.07, 6.45) is 7.02. The lowest BCUT2D eigenvalue weighted by atomic mass is 10.2. The van der Waals surface area contributed by atoms with Gasteiger partial charge in [-0.15, -0.1) is 0 Å². The molecule has 4 heterocycles. The van der Waals surface area contributed by atoms with Crippen LogP contribution >= 0.6 is 0 Å². The third kappa shape index (κ3) is 3.61. The number of hydrogen-bond donors (Lipinski definition) is 1. The Morgan fingerprint density at radius 1 is 1.30 bits per heavy atom. The Morgan fingerprint density at radius 3 is 3.00 bits per heavy atom. The molecule has 0 unspecified atom stereocenters. The molecule has 4 aromatic heterocycles. The van der Waals surface area contributed by atoms with Crippen molar-refractivity contribution < 1.29 is 13.7 Å². The molecule has 0 fully saturated rings. The molecule has 0 aromatic carbocycles. The highest BCUT2D eigenvalue weighted by Gasteiger charge is 2.13. The average Bonchev–Trinajstić information content (AvgIpc) is 3.47. The number of furan rings is 1. The number of carbonyl (C=O) groups excluding carboxylic acids is 1. The quantitative estimate of drug-likeness (QED) is 0.559. The molecule has 4 rings (SSSR count). The lowest BCUT2D eigenvalue weighted by Crippen LogP contribution is -2.22. The van der Waals surface area contributed by atoms with Crippen molar-refractivity contribution in [3.63, 3.8) is 0 Å². The van der Waals surface area contributed by atoms with Gasteiger partial charge in [0.05, 0.1) is 12.8 Å². The molecule has 0 radical (unpaired) electrons. The van der Waals surface area contributed by atoms with E-state index in [9.17, 15) is 4.79 Å². The highest BCUT2D eigenvalue weighted by Crippen LogP contribution is 2.19. The third-order valence-corrected chi connectivity index (χ3v) is 3.86. The topological polar surface area (TPSA) is 112 Å². The summed E-state index contributed by atoms with van der Waals surface area (Å²) in [5, 5.41) is 6.65. The lowest BCUT2D eigenvalue weighted by molar-refractivity contribution is 0.0943. The van der Waals surface area contributed by atoms with E-state index >= 15 is 0 Å². The van der Waals surface area contributed by atoms with Gasteiger partial charge in [-0.3, -0.25) is 9.36 Å². The Kier molecular flexibility index (Phi) is 4.48. The van der Waals surface area contributed by atoms with Crippen molar-refractivity contribution in [2.45, 2.75) is 19.9 Å². The summed E-state index contributed by atoms with van der Waals surface area (Å²) in [5.74, 6) is 2.02. The van der Waals surface area contributed by atoms with Gasteiger partial charge in [0.15, 0.2) is 5.82 Å². The maximum Gasteiger partial charge on any atom is 0.271 e. The molecule has 0 saturated heterocycles. The van der Waals surface area contributed by atoms with Crippen LogP contribution in [0.3, 0.4) is 0 Å². The van der Waals surface area contributed by atoms with Gasteiger partial charge in [-0.1, -0.05) is 12.1 Å². The number of carbonyl (C=O) groups is 1. The normalized spacial score (nSPS) is 10.9. The predicted octanol–water partition coefficient (Wildman–Crippen LogP) is 2.40. The number of hydrogen-bond acceptors (Lipinski definition) is 7. The van der Waals surface area contributed by atoms with Gasteiger partial charge in [-0.2, -0.15) is 4.98 Å². The van der Waals surface area contributed by atoms with Crippen LogP contribution in [-0.2, 0) is 13.0 Å². The Hall–Kier alpha value is -3.75. The van der Waals surface area contributed by atoms with Gasteiger partial charge in [-0.25, -0.2) is 9.97 Å². The number of rotatable bonds is 6. The van der Waals surface area contributed by atoms with Crippen molar-refractivity contribution in [3.8, 4) is 17.3 Å². The molecule has 0 aliphatic heterocycles. The standard InChI is InChI=1S/C18H16N6O3/c1-2-15-22-18(27-23-15)12-5-6-19-16(8-12)24-10-14(21-11-24)17(25)20-9-13-4-3-7-26-13/h3-8,10-11H,2,9H2,1H3,(H,20,25). The summed E-state index contributed by atoms with van der Waals surface area (Å²) in [6.45, 7) is 2.25. The fraction of sp³-hybridized carbons (Fsp3) is 0.167. The van der Waals surface area contributed by atoms with Crippen LogP contribution in [0.5, 0.6) is 0 Å². The van der Waals surface area contributed by atoms with Crippen molar-refractivity contribution >= 4 is 5.91 Å². The summed E-state index contributed by atoms with van der Waals surface area (Å²) in [5.41, 5.74) is 1.02. The first-order valence-corrected chi connectivity index (χ1v) is 8.37. The second-order valence-corrected chi connectivity index (χ2v) is 5.70. The molecule has 0 saturated carbocycles. The first-order chi connectivity index (χ1) is 13.2. The second kappa shape index (κ2) is 7.24. The predicted molar refractivity (Wildman–Crippen MR) is 93.9 cm³/mol. The van der Waals surface area contributed by atoms with Crippen LogP contribution in [-0.4, -0.2) is 30.6 Å². The van der Waals surface area contributed by atoms with E-state index in [2.05, 4.69) is 25.4 Å². The number of nitrogens with one attached hydrogen (secondary N) is 1. The van der Waals surface area contributed by atoms with E-state index in [0.717, 1.165) is 5.56 Å². The zero-order valence-electron chi connectivity index (χ0n) is 14.5. The number of imidazole rings is 1. The molecule has 1 N–H and O–H groups in total. The summed E-state index contributed by atoms with van der Waals surface area (Å²) in [6, 6.07) is 7.13. The number of aryl methyl sites for hydroxylation is 1. The molecule has 27 heavy (non-hydrogen) atoms. The van der Waals surface area contributed by atoms with Crippen LogP contribution in [0.15, 0.2) is 58.2 Å². The SMILES string of the molecule is CCc1noc(-c2ccnc(-n3cnc(C(=O)NCc4ccco4)c3)c2)n1. The zero-order valence-corrected chi connectivity index (χ0v) is 14.5. The van der Waals surface area contributed by atoms with Crippen LogP contribution in [0.25, 0.3) is 17.3 Å². The first-order valence-electron chi connectivity index (χ1n) is 8.37. The molecule has 9 heteroatoms. The second-order valence-electron chi connectivity index (χ2n) is 5.70. The number of nitrogens with zero attached hydrogens (tertiary/aromatic N) is 5. The summed E-state index contributed by atoms with van der Waals surface area (Å²) in [4.78, 5) is 25.0. The number of pyridine rings is 1. The molecular weight excluding hydrogens is 348 g/mol. The molecule has 9 nitrogen and oxygen atoms in total.